The highest BCUT2D eigenvalue weighted by molar-refractivity contribution is 5.79. The van der Waals surface area contributed by atoms with Crippen molar-refractivity contribution in [2.45, 2.75) is 51.7 Å². The average Bonchev–Trinajstić information content (AvgIpc) is 2.22. The van der Waals surface area contributed by atoms with Crippen molar-refractivity contribution in [3.8, 4) is 0 Å². The quantitative estimate of drug-likeness (QED) is 0.703. The molecule has 16 heavy (non-hydrogen) atoms. The Balaban J connectivity index is 2.52. The Morgan fingerprint density at radius 1 is 1.31 bits per heavy atom. The summed E-state index contributed by atoms with van der Waals surface area (Å²) in [5.74, 6) is -0.509. The van der Waals surface area contributed by atoms with Crippen LogP contribution in [0.1, 0.15) is 40.0 Å². The Bertz CT molecular complexity index is 235. The molecule has 1 rings (SSSR count). The summed E-state index contributed by atoms with van der Waals surface area (Å²) >= 11 is 0. The van der Waals surface area contributed by atoms with Crippen LogP contribution >= 0.6 is 0 Å². The van der Waals surface area contributed by atoms with Gasteiger partial charge in [-0.1, -0.05) is 6.92 Å². The third-order valence-corrected chi connectivity index (χ3v) is 3.34. The van der Waals surface area contributed by atoms with E-state index < -0.39 is 11.6 Å². The first-order chi connectivity index (χ1) is 7.58. The van der Waals surface area contributed by atoms with E-state index in [0.29, 0.717) is 19.6 Å². The van der Waals surface area contributed by atoms with E-state index in [2.05, 4.69) is 0 Å². The molecule has 0 aromatic rings. The third-order valence-electron chi connectivity index (χ3n) is 3.34. The van der Waals surface area contributed by atoms with Crippen LogP contribution in [0.25, 0.3) is 0 Å². The maximum Gasteiger partial charge on any atom is 0.338 e. The Kier molecular flexibility index (Phi) is 4.74. The van der Waals surface area contributed by atoms with Gasteiger partial charge in [-0.05, 0) is 33.1 Å². The fraction of sp³-hybridized carbons (Fsp3) is 0.917. The van der Waals surface area contributed by atoms with Gasteiger partial charge in [0.05, 0.1) is 12.7 Å². The molecule has 0 aromatic carbocycles. The van der Waals surface area contributed by atoms with Crippen molar-refractivity contribution in [1.82, 2.24) is 0 Å². The number of esters is 1. The lowest BCUT2D eigenvalue weighted by Gasteiger charge is -2.43. The molecule has 0 aromatic heterocycles. The smallest absolute Gasteiger partial charge is 0.338 e. The molecule has 0 radical (unpaired) electrons. The molecule has 0 bridgehead atoms. The van der Waals surface area contributed by atoms with E-state index in [4.69, 9.17) is 9.47 Å². The summed E-state index contributed by atoms with van der Waals surface area (Å²) in [4.78, 5) is 11.7. The predicted molar refractivity (Wildman–Crippen MR) is 60.0 cm³/mol. The summed E-state index contributed by atoms with van der Waals surface area (Å²) in [7, 11) is 0. The molecular formula is C12H22O4. The van der Waals surface area contributed by atoms with Gasteiger partial charge in [0.25, 0.3) is 0 Å². The molecule has 1 atom stereocenters. The first-order valence-corrected chi connectivity index (χ1v) is 6.09. The van der Waals surface area contributed by atoms with Gasteiger partial charge in [0.15, 0.2) is 5.60 Å². The summed E-state index contributed by atoms with van der Waals surface area (Å²) in [5.41, 5.74) is -1.32. The van der Waals surface area contributed by atoms with Crippen molar-refractivity contribution in [3.63, 3.8) is 0 Å². The van der Waals surface area contributed by atoms with E-state index in [1.54, 1.807) is 6.92 Å². The lowest BCUT2D eigenvalue weighted by Crippen LogP contribution is -2.53. The van der Waals surface area contributed by atoms with Gasteiger partial charge >= 0.3 is 5.97 Å². The summed E-state index contributed by atoms with van der Waals surface area (Å²) in [5, 5.41) is 10.3. The van der Waals surface area contributed by atoms with Crippen LogP contribution in [0.15, 0.2) is 0 Å². The Labute approximate surface area is 96.9 Å². The zero-order valence-electron chi connectivity index (χ0n) is 10.4. The standard InChI is InChI=1S/C12H22O4/c1-4-12(14,11(13)16-6-3)9-7-10(8-9)15-5-2/h9-10,14H,4-8H2,1-3H3. The number of rotatable bonds is 6. The number of carbonyl (C=O) groups excluding carboxylic acids is 1. The van der Waals surface area contributed by atoms with E-state index >= 15 is 0 Å². The summed E-state index contributed by atoms with van der Waals surface area (Å²) in [6, 6.07) is 0. The Hall–Kier alpha value is -0.610. The molecule has 1 saturated carbocycles. The van der Waals surface area contributed by atoms with Gasteiger partial charge in [-0.15, -0.1) is 0 Å². The Morgan fingerprint density at radius 3 is 2.38 bits per heavy atom. The van der Waals surface area contributed by atoms with Crippen LogP contribution in [0.4, 0.5) is 0 Å². The number of carbonyl (C=O) groups is 1. The molecule has 1 fully saturated rings. The maximum absolute atomic E-state index is 11.7. The van der Waals surface area contributed by atoms with Crippen LogP contribution in [0, 0.1) is 5.92 Å². The molecule has 0 heterocycles. The van der Waals surface area contributed by atoms with Crippen LogP contribution < -0.4 is 0 Å². The monoisotopic (exact) mass is 230 g/mol. The predicted octanol–water partition coefficient (Wildman–Crippen LogP) is 1.51. The molecular weight excluding hydrogens is 208 g/mol. The Morgan fingerprint density at radius 2 is 1.94 bits per heavy atom. The van der Waals surface area contributed by atoms with Crippen LogP contribution in [0.2, 0.25) is 0 Å². The van der Waals surface area contributed by atoms with E-state index in [1.807, 2.05) is 13.8 Å². The van der Waals surface area contributed by atoms with Gasteiger partial charge in [0, 0.05) is 12.5 Å². The summed E-state index contributed by atoms with van der Waals surface area (Å²) in [6.45, 7) is 6.50. The largest absolute Gasteiger partial charge is 0.464 e. The molecule has 1 N–H and O–H groups in total. The zero-order chi connectivity index (χ0) is 12.2. The highest BCUT2D eigenvalue weighted by atomic mass is 16.5. The molecule has 94 valence electrons. The van der Waals surface area contributed by atoms with Crippen LogP contribution in [-0.2, 0) is 14.3 Å². The molecule has 1 unspecified atom stereocenters. The SMILES string of the molecule is CCOC(=O)C(O)(CC)C1CC(OCC)C1. The molecule has 0 spiro atoms. The van der Waals surface area contributed by atoms with Crippen molar-refractivity contribution in [2.75, 3.05) is 13.2 Å². The van der Waals surface area contributed by atoms with Gasteiger partial charge in [-0.3, -0.25) is 0 Å². The van der Waals surface area contributed by atoms with Gasteiger partial charge in [-0.2, -0.15) is 0 Å². The summed E-state index contributed by atoms with van der Waals surface area (Å²) in [6.07, 6.45) is 2.09. The lowest BCUT2D eigenvalue weighted by atomic mass is 9.69. The second-order valence-electron chi connectivity index (χ2n) is 4.24. The van der Waals surface area contributed by atoms with Crippen molar-refractivity contribution >= 4 is 5.97 Å². The zero-order valence-corrected chi connectivity index (χ0v) is 10.4. The van der Waals surface area contributed by atoms with Crippen molar-refractivity contribution in [3.05, 3.63) is 0 Å². The first-order valence-electron chi connectivity index (χ1n) is 6.09. The lowest BCUT2D eigenvalue weighted by molar-refractivity contribution is -0.184. The second-order valence-corrected chi connectivity index (χ2v) is 4.24. The topological polar surface area (TPSA) is 55.8 Å². The third kappa shape index (κ3) is 2.55. The van der Waals surface area contributed by atoms with E-state index in [9.17, 15) is 9.90 Å². The van der Waals surface area contributed by atoms with Crippen molar-refractivity contribution in [1.29, 1.82) is 0 Å². The average molecular weight is 230 g/mol. The normalized spacial score (nSPS) is 28.0. The maximum atomic E-state index is 11.7. The minimum Gasteiger partial charge on any atom is -0.464 e. The fourth-order valence-corrected chi connectivity index (χ4v) is 2.18. The van der Waals surface area contributed by atoms with E-state index in [1.165, 1.54) is 0 Å². The molecule has 0 aliphatic heterocycles. The van der Waals surface area contributed by atoms with Crippen LogP contribution in [0.5, 0.6) is 0 Å². The van der Waals surface area contributed by atoms with Gasteiger partial charge in [-0.25, -0.2) is 4.79 Å². The molecule has 0 amide bonds. The van der Waals surface area contributed by atoms with Crippen LogP contribution in [0.3, 0.4) is 0 Å². The highest BCUT2D eigenvalue weighted by Crippen LogP contribution is 2.40. The molecule has 1 aliphatic rings. The highest BCUT2D eigenvalue weighted by Gasteiger charge is 2.50. The molecule has 4 nitrogen and oxygen atoms in total. The van der Waals surface area contributed by atoms with E-state index in [0.717, 1.165) is 12.8 Å². The number of ether oxygens (including phenoxy) is 2. The first kappa shape index (κ1) is 13.5. The summed E-state index contributed by atoms with van der Waals surface area (Å²) < 4.78 is 10.3. The van der Waals surface area contributed by atoms with Crippen molar-refractivity contribution < 1.29 is 19.4 Å². The number of hydrogen-bond donors (Lipinski definition) is 1. The van der Waals surface area contributed by atoms with Gasteiger partial charge in [0.2, 0.25) is 0 Å². The fourth-order valence-electron chi connectivity index (χ4n) is 2.18. The van der Waals surface area contributed by atoms with E-state index in [-0.39, 0.29) is 12.0 Å². The number of hydrogen-bond acceptors (Lipinski definition) is 4. The van der Waals surface area contributed by atoms with Gasteiger partial charge in [0.1, 0.15) is 0 Å². The molecule has 4 heteroatoms. The van der Waals surface area contributed by atoms with Crippen LogP contribution in [-0.4, -0.2) is 36.0 Å². The van der Waals surface area contributed by atoms with Crippen molar-refractivity contribution in [2.24, 2.45) is 5.92 Å². The second kappa shape index (κ2) is 5.64. The molecule has 0 saturated heterocycles. The van der Waals surface area contributed by atoms with Gasteiger partial charge < -0.3 is 14.6 Å². The minimum atomic E-state index is -1.32. The molecule has 1 aliphatic carbocycles. The number of aliphatic hydroxyl groups is 1. The minimum absolute atomic E-state index is 0.0203.